The van der Waals surface area contributed by atoms with Gasteiger partial charge in [-0.1, -0.05) is 51.3 Å². The number of carbonyl (C=O) groups excluding carboxylic acids is 1. The summed E-state index contributed by atoms with van der Waals surface area (Å²) < 4.78 is 6.77. The zero-order valence-electron chi connectivity index (χ0n) is 15.5. The predicted molar refractivity (Wildman–Crippen MR) is 124 cm³/mol. The summed E-state index contributed by atoms with van der Waals surface area (Å²) in [5, 5.41) is 13.3. The molecule has 3 aromatic rings. The van der Waals surface area contributed by atoms with Crippen LogP contribution in [0, 0.1) is 11.3 Å². The van der Waals surface area contributed by atoms with Gasteiger partial charge in [-0.15, -0.1) is 0 Å². The van der Waals surface area contributed by atoms with Crippen LogP contribution >= 0.6 is 39.1 Å². The van der Waals surface area contributed by atoms with Gasteiger partial charge in [0, 0.05) is 25.8 Å². The molecule has 0 aliphatic carbocycles. The summed E-state index contributed by atoms with van der Waals surface area (Å²) in [5.41, 5.74) is 1.91. The van der Waals surface area contributed by atoms with Crippen LogP contribution in [0.5, 0.6) is 5.75 Å². The number of ether oxygens (including phenoxy) is 1. The normalized spacial score (nSPS) is 10.9. The number of rotatable bonds is 6. The van der Waals surface area contributed by atoms with Gasteiger partial charge in [0.15, 0.2) is 0 Å². The number of nitriles is 1. The Morgan fingerprint density at radius 3 is 2.50 bits per heavy atom. The standard InChI is InChI=1S/C23H15BrCl2N2O2/c24-18-4-7-21(8-5-18)28-23(29)17(13-27)11-16-12-20(26)6-9-22(16)30-14-15-2-1-3-19(25)10-15/h1-12H,14H2,(H,28,29)/b17-11+. The number of amides is 1. The number of carbonyl (C=O) groups is 1. The molecule has 0 bridgehead atoms. The van der Waals surface area contributed by atoms with E-state index in [-0.39, 0.29) is 12.2 Å². The van der Waals surface area contributed by atoms with Crippen molar-refractivity contribution in [3.05, 3.63) is 97.9 Å². The molecule has 1 N–H and O–H groups in total. The maximum absolute atomic E-state index is 12.5. The van der Waals surface area contributed by atoms with Gasteiger partial charge in [-0.25, -0.2) is 0 Å². The lowest BCUT2D eigenvalue weighted by Gasteiger charge is -2.11. The molecule has 0 spiro atoms. The summed E-state index contributed by atoms with van der Waals surface area (Å²) >= 11 is 15.5. The Balaban J connectivity index is 1.82. The number of nitrogens with one attached hydrogen (secondary N) is 1. The van der Waals surface area contributed by atoms with Crippen molar-refractivity contribution in [3.8, 4) is 11.8 Å². The molecule has 0 heterocycles. The van der Waals surface area contributed by atoms with Gasteiger partial charge in [0.05, 0.1) is 0 Å². The number of hydrogen-bond donors (Lipinski definition) is 1. The van der Waals surface area contributed by atoms with Gasteiger partial charge < -0.3 is 10.1 Å². The first-order chi connectivity index (χ1) is 14.4. The second-order valence-electron chi connectivity index (χ2n) is 6.23. The molecular formula is C23H15BrCl2N2O2. The van der Waals surface area contributed by atoms with Crippen LogP contribution in [0.25, 0.3) is 6.08 Å². The highest BCUT2D eigenvalue weighted by atomic mass is 79.9. The smallest absolute Gasteiger partial charge is 0.266 e. The van der Waals surface area contributed by atoms with Crippen molar-refractivity contribution in [1.82, 2.24) is 0 Å². The highest BCUT2D eigenvalue weighted by Crippen LogP contribution is 2.27. The summed E-state index contributed by atoms with van der Waals surface area (Å²) in [6.45, 7) is 0.274. The number of nitrogens with zero attached hydrogens (tertiary/aromatic N) is 1. The first-order valence-corrected chi connectivity index (χ1v) is 10.3. The molecule has 0 aliphatic rings. The van der Waals surface area contributed by atoms with Crippen LogP contribution in [0.3, 0.4) is 0 Å². The van der Waals surface area contributed by atoms with Crippen molar-refractivity contribution in [2.75, 3.05) is 5.32 Å². The highest BCUT2D eigenvalue weighted by Gasteiger charge is 2.12. The molecule has 3 aromatic carbocycles. The van der Waals surface area contributed by atoms with Crippen LogP contribution in [-0.2, 0) is 11.4 Å². The van der Waals surface area contributed by atoms with Crippen LogP contribution in [0.15, 0.2) is 76.8 Å². The van der Waals surface area contributed by atoms with Gasteiger partial charge in [0.2, 0.25) is 0 Å². The zero-order valence-corrected chi connectivity index (χ0v) is 18.6. The SMILES string of the molecule is N#C/C(=C\c1cc(Cl)ccc1OCc1cccc(Cl)c1)C(=O)Nc1ccc(Br)cc1. The molecule has 0 saturated heterocycles. The second-order valence-corrected chi connectivity index (χ2v) is 8.02. The van der Waals surface area contributed by atoms with Crippen LogP contribution in [0.1, 0.15) is 11.1 Å². The fourth-order valence-electron chi connectivity index (χ4n) is 2.59. The van der Waals surface area contributed by atoms with Gasteiger partial charge in [-0.2, -0.15) is 5.26 Å². The first kappa shape index (κ1) is 21.9. The average molecular weight is 502 g/mol. The minimum atomic E-state index is -0.527. The monoisotopic (exact) mass is 500 g/mol. The Bertz CT molecular complexity index is 1140. The molecule has 0 aromatic heterocycles. The van der Waals surface area contributed by atoms with E-state index in [1.165, 1.54) is 6.08 Å². The predicted octanol–water partition coefficient (Wildman–Crippen LogP) is 6.88. The first-order valence-electron chi connectivity index (χ1n) is 8.80. The van der Waals surface area contributed by atoms with Crippen LogP contribution in [-0.4, -0.2) is 5.91 Å². The van der Waals surface area contributed by atoms with Crippen molar-refractivity contribution in [3.63, 3.8) is 0 Å². The maximum atomic E-state index is 12.5. The van der Waals surface area contributed by atoms with E-state index >= 15 is 0 Å². The number of hydrogen-bond acceptors (Lipinski definition) is 3. The molecule has 0 aliphatic heterocycles. The number of benzene rings is 3. The van der Waals surface area contributed by atoms with Gasteiger partial charge in [-0.3, -0.25) is 4.79 Å². The molecule has 7 heteroatoms. The Kier molecular flexibility index (Phi) is 7.53. The van der Waals surface area contributed by atoms with E-state index in [1.807, 2.05) is 18.2 Å². The van der Waals surface area contributed by atoms with Crippen LogP contribution in [0.4, 0.5) is 5.69 Å². The fourth-order valence-corrected chi connectivity index (χ4v) is 3.24. The third-order valence-corrected chi connectivity index (χ3v) is 5.02. The molecular weight excluding hydrogens is 487 g/mol. The third kappa shape index (κ3) is 6.11. The molecule has 150 valence electrons. The summed E-state index contributed by atoms with van der Waals surface area (Å²) in [7, 11) is 0. The summed E-state index contributed by atoms with van der Waals surface area (Å²) in [6, 6.07) is 21.3. The van der Waals surface area contributed by atoms with E-state index in [1.54, 1.807) is 54.6 Å². The molecule has 0 saturated carbocycles. The van der Waals surface area contributed by atoms with E-state index in [0.717, 1.165) is 10.0 Å². The van der Waals surface area contributed by atoms with Crippen molar-refractivity contribution in [2.45, 2.75) is 6.61 Å². The van der Waals surface area contributed by atoms with Crippen molar-refractivity contribution in [1.29, 1.82) is 5.26 Å². The highest BCUT2D eigenvalue weighted by molar-refractivity contribution is 9.10. The van der Waals surface area contributed by atoms with E-state index in [9.17, 15) is 10.1 Å². The van der Waals surface area contributed by atoms with Crippen LogP contribution in [0.2, 0.25) is 10.0 Å². The lowest BCUT2D eigenvalue weighted by molar-refractivity contribution is -0.112. The summed E-state index contributed by atoms with van der Waals surface area (Å²) in [6.07, 6.45) is 1.45. The minimum Gasteiger partial charge on any atom is -0.488 e. The van der Waals surface area contributed by atoms with E-state index in [0.29, 0.717) is 27.0 Å². The van der Waals surface area contributed by atoms with Crippen molar-refractivity contribution < 1.29 is 9.53 Å². The molecule has 0 atom stereocenters. The average Bonchev–Trinajstić information content (AvgIpc) is 2.73. The van der Waals surface area contributed by atoms with Crippen LogP contribution < -0.4 is 10.1 Å². The molecule has 3 rings (SSSR count). The van der Waals surface area contributed by atoms with Gasteiger partial charge >= 0.3 is 0 Å². The number of halogens is 3. The largest absolute Gasteiger partial charge is 0.488 e. The molecule has 0 fully saturated rings. The Morgan fingerprint density at radius 1 is 1.07 bits per heavy atom. The Hall–Kier alpha value is -2.78. The molecule has 1 amide bonds. The third-order valence-electron chi connectivity index (χ3n) is 4.02. The molecule has 0 unspecified atom stereocenters. The Labute approximate surface area is 192 Å². The van der Waals surface area contributed by atoms with Gasteiger partial charge in [0.1, 0.15) is 24.0 Å². The topological polar surface area (TPSA) is 62.1 Å². The minimum absolute atomic E-state index is 0.0761. The quantitative estimate of drug-likeness (QED) is 0.295. The molecule has 30 heavy (non-hydrogen) atoms. The van der Waals surface area contributed by atoms with Crippen molar-refractivity contribution in [2.24, 2.45) is 0 Å². The lowest BCUT2D eigenvalue weighted by atomic mass is 10.1. The zero-order chi connectivity index (χ0) is 21.5. The van der Waals surface area contributed by atoms with E-state index in [4.69, 9.17) is 27.9 Å². The fraction of sp³-hybridized carbons (Fsp3) is 0.0435. The van der Waals surface area contributed by atoms with E-state index < -0.39 is 5.91 Å². The maximum Gasteiger partial charge on any atom is 0.266 e. The molecule has 0 radical (unpaired) electrons. The molecule has 4 nitrogen and oxygen atoms in total. The summed E-state index contributed by atoms with van der Waals surface area (Å²) in [5.74, 6) is -0.0378. The van der Waals surface area contributed by atoms with Gasteiger partial charge in [-0.05, 0) is 66.2 Å². The summed E-state index contributed by atoms with van der Waals surface area (Å²) in [4.78, 5) is 12.5. The number of anilines is 1. The lowest BCUT2D eigenvalue weighted by Crippen LogP contribution is -2.13. The second kappa shape index (κ2) is 10.3. The Morgan fingerprint density at radius 2 is 1.80 bits per heavy atom. The van der Waals surface area contributed by atoms with E-state index in [2.05, 4.69) is 21.2 Å². The van der Waals surface area contributed by atoms with Crippen molar-refractivity contribution >= 4 is 56.8 Å². The van der Waals surface area contributed by atoms with Gasteiger partial charge in [0.25, 0.3) is 5.91 Å².